The van der Waals surface area contributed by atoms with E-state index >= 15 is 0 Å². The highest BCUT2D eigenvalue weighted by Crippen LogP contribution is 2.19. The molecule has 1 N–H and O–H groups in total. The summed E-state index contributed by atoms with van der Waals surface area (Å²) in [5.41, 5.74) is 0. The van der Waals surface area contributed by atoms with E-state index in [1.807, 2.05) is 0 Å². The molecule has 2 heterocycles. The van der Waals surface area contributed by atoms with Crippen molar-refractivity contribution < 1.29 is 14.7 Å². The Morgan fingerprint density at radius 3 is 3.00 bits per heavy atom. The zero-order valence-electron chi connectivity index (χ0n) is 9.73. The quantitative estimate of drug-likeness (QED) is 0.808. The second-order valence-corrected chi connectivity index (χ2v) is 5.16. The van der Waals surface area contributed by atoms with Crippen LogP contribution in [0.25, 0.3) is 0 Å². The third-order valence-corrected chi connectivity index (χ3v) is 3.81. The lowest BCUT2D eigenvalue weighted by Gasteiger charge is -2.34. The van der Waals surface area contributed by atoms with E-state index in [2.05, 4.69) is 10.1 Å². The average Bonchev–Trinajstić information content (AvgIpc) is 2.81. The standard InChI is InChI=1S/C10H14N4O3S/c15-9(4-13-7-11-6-12-13)14-1-2-18-5-8(14)3-10(16)17/h6-8H,1-5H2,(H,16,17). The van der Waals surface area contributed by atoms with Crippen LogP contribution in [0.2, 0.25) is 0 Å². The van der Waals surface area contributed by atoms with Crippen LogP contribution in [-0.4, -0.2) is 60.7 Å². The number of aliphatic carboxylic acids is 1. The number of hydrogen-bond donors (Lipinski definition) is 1. The minimum absolute atomic E-state index is 0.00387. The summed E-state index contributed by atoms with van der Waals surface area (Å²) in [6.07, 6.45) is 2.84. The van der Waals surface area contributed by atoms with Gasteiger partial charge < -0.3 is 10.0 Å². The maximum atomic E-state index is 12.1. The third-order valence-electron chi connectivity index (χ3n) is 2.72. The molecule has 1 aliphatic rings. The largest absolute Gasteiger partial charge is 0.481 e. The molecule has 0 aromatic carbocycles. The summed E-state index contributed by atoms with van der Waals surface area (Å²) in [7, 11) is 0. The molecule has 2 rings (SSSR count). The Morgan fingerprint density at radius 2 is 2.33 bits per heavy atom. The van der Waals surface area contributed by atoms with Crippen LogP contribution in [0.1, 0.15) is 6.42 Å². The summed E-state index contributed by atoms with van der Waals surface area (Å²) < 4.78 is 1.45. The Kier molecular flexibility index (Phi) is 4.19. The predicted octanol–water partition coefficient (Wildman–Crippen LogP) is -0.303. The van der Waals surface area contributed by atoms with Gasteiger partial charge in [0.25, 0.3) is 0 Å². The Balaban J connectivity index is 1.99. The van der Waals surface area contributed by atoms with Gasteiger partial charge in [0.15, 0.2) is 0 Å². The molecule has 1 amide bonds. The number of hydrogen-bond acceptors (Lipinski definition) is 5. The van der Waals surface area contributed by atoms with E-state index in [1.165, 1.54) is 17.3 Å². The molecule has 18 heavy (non-hydrogen) atoms. The van der Waals surface area contributed by atoms with Gasteiger partial charge in [0.2, 0.25) is 5.91 Å². The molecule has 0 aliphatic carbocycles. The minimum Gasteiger partial charge on any atom is -0.481 e. The van der Waals surface area contributed by atoms with Crippen LogP contribution < -0.4 is 0 Å². The molecular formula is C10H14N4O3S. The Labute approximate surface area is 108 Å². The fourth-order valence-corrected chi connectivity index (χ4v) is 2.96. The summed E-state index contributed by atoms with van der Waals surface area (Å²) in [4.78, 5) is 28.3. The zero-order chi connectivity index (χ0) is 13.0. The Hall–Kier alpha value is -1.57. The number of carboxylic acids is 1. The van der Waals surface area contributed by atoms with Gasteiger partial charge in [0.05, 0.1) is 12.5 Å². The van der Waals surface area contributed by atoms with Crippen molar-refractivity contribution in [1.82, 2.24) is 19.7 Å². The number of nitrogens with zero attached hydrogens (tertiary/aromatic N) is 4. The first-order valence-electron chi connectivity index (χ1n) is 5.58. The summed E-state index contributed by atoms with van der Waals surface area (Å²) in [5, 5.41) is 12.7. The van der Waals surface area contributed by atoms with E-state index in [9.17, 15) is 9.59 Å². The minimum atomic E-state index is -0.874. The summed E-state index contributed by atoms with van der Waals surface area (Å²) in [5.74, 6) is 0.544. The molecule has 1 saturated heterocycles. The molecule has 98 valence electrons. The van der Waals surface area contributed by atoms with Gasteiger partial charge in [-0.1, -0.05) is 0 Å². The van der Waals surface area contributed by atoms with Gasteiger partial charge in [-0.2, -0.15) is 16.9 Å². The number of carbonyl (C=O) groups is 2. The summed E-state index contributed by atoms with van der Waals surface area (Å²) >= 11 is 1.68. The maximum absolute atomic E-state index is 12.1. The van der Waals surface area contributed by atoms with Gasteiger partial charge in [-0.05, 0) is 0 Å². The molecule has 0 saturated carbocycles. The molecule has 0 spiro atoms. The number of carboxylic acid groups (broad SMARTS) is 1. The number of aromatic nitrogens is 3. The number of rotatable bonds is 4. The topological polar surface area (TPSA) is 88.3 Å². The first-order valence-corrected chi connectivity index (χ1v) is 6.73. The van der Waals surface area contributed by atoms with Gasteiger partial charge in [-0.15, -0.1) is 0 Å². The van der Waals surface area contributed by atoms with Crippen molar-refractivity contribution in [3.8, 4) is 0 Å². The summed E-state index contributed by atoms with van der Waals surface area (Å²) in [6.45, 7) is 0.705. The highest BCUT2D eigenvalue weighted by atomic mass is 32.2. The van der Waals surface area contributed by atoms with Crippen molar-refractivity contribution in [2.24, 2.45) is 0 Å². The van der Waals surface area contributed by atoms with Gasteiger partial charge in [0.1, 0.15) is 19.2 Å². The van der Waals surface area contributed by atoms with E-state index in [-0.39, 0.29) is 24.9 Å². The van der Waals surface area contributed by atoms with Crippen LogP contribution in [-0.2, 0) is 16.1 Å². The van der Waals surface area contributed by atoms with Crippen molar-refractivity contribution in [1.29, 1.82) is 0 Å². The molecule has 1 atom stereocenters. The summed E-state index contributed by atoms with van der Waals surface area (Å²) in [6, 6.07) is -0.225. The second-order valence-electron chi connectivity index (χ2n) is 4.01. The maximum Gasteiger partial charge on any atom is 0.305 e. The number of amides is 1. The van der Waals surface area contributed by atoms with Crippen LogP contribution in [0, 0.1) is 0 Å². The normalized spacial score (nSPS) is 19.8. The van der Waals surface area contributed by atoms with Crippen LogP contribution in [0.3, 0.4) is 0 Å². The first-order chi connectivity index (χ1) is 8.66. The lowest BCUT2D eigenvalue weighted by Crippen LogP contribution is -2.48. The van der Waals surface area contributed by atoms with Crippen molar-refractivity contribution in [2.45, 2.75) is 19.0 Å². The average molecular weight is 270 g/mol. The molecule has 1 unspecified atom stereocenters. The number of thioether (sulfide) groups is 1. The molecule has 1 fully saturated rings. The van der Waals surface area contributed by atoms with Crippen LogP contribution in [0.15, 0.2) is 12.7 Å². The van der Waals surface area contributed by atoms with Crippen LogP contribution in [0.4, 0.5) is 0 Å². The van der Waals surface area contributed by atoms with Crippen molar-refractivity contribution in [2.75, 3.05) is 18.1 Å². The van der Waals surface area contributed by atoms with Crippen molar-refractivity contribution in [3.05, 3.63) is 12.7 Å². The second kappa shape index (κ2) is 5.85. The molecular weight excluding hydrogens is 256 g/mol. The lowest BCUT2D eigenvalue weighted by atomic mass is 10.2. The molecule has 7 nitrogen and oxygen atoms in total. The van der Waals surface area contributed by atoms with E-state index < -0.39 is 5.97 Å². The lowest BCUT2D eigenvalue weighted by molar-refractivity contribution is -0.140. The Morgan fingerprint density at radius 1 is 1.50 bits per heavy atom. The molecule has 8 heteroatoms. The van der Waals surface area contributed by atoms with E-state index in [1.54, 1.807) is 16.7 Å². The SMILES string of the molecule is O=C(O)CC1CSCCN1C(=O)Cn1cncn1. The molecule has 0 radical (unpaired) electrons. The third kappa shape index (κ3) is 3.22. The molecule has 1 aromatic rings. The van der Waals surface area contributed by atoms with Crippen molar-refractivity contribution in [3.63, 3.8) is 0 Å². The molecule has 1 aliphatic heterocycles. The smallest absolute Gasteiger partial charge is 0.305 e. The highest BCUT2D eigenvalue weighted by Gasteiger charge is 2.28. The predicted molar refractivity (Wildman–Crippen MR) is 65.1 cm³/mol. The highest BCUT2D eigenvalue weighted by molar-refractivity contribution is 7.99. The van der Waals surface area contributed by atoms with E-state index in [4.69, 9.17) is 5.11 Å². The fraction of sp³-hybridized carbons (Fsp3) is 0.600. The van der Waals surface area contributed by atoms with Gasteiger partial charge in [0, 0.05) is 18.1 Å². The monoisotopic (exact) mass is 270 g/mol. The molecule has 1 aromatic heterocycles. The van der Waals surface area contributed by atoms with Crippen molar-refractivity contribution >= 4 is 23.6 Å². The first kappa shape index (κ1) is 12.9. The van der Waals surface area contributed by atoms with E-state index in [0.717, 1.165) is 5.75 Å². The zero-order valence-corrected chi connectivity index (χ0v) is 10.5. The van der Waals surface area contributed by atoms with E-state index in [0.29, 0.717) is 12.3 Å². The van der Waals surface area contributed by atoms with Gasteiger partial charge in [-0.25, -0.2) is 9.67 Å². The fourth-order valence-electron chi connectivity index (χ4n) is 1.90. The van der Waals surface area contributed by atoms with Crippen LogP contribution in [0.5, 0.6) is 0 Å². The Bertz CT molecular complexity index is 423. The number of carbonyl (C=O) groups excluding carboxylic acids is 1. The van der Waals surface area contributed by atoms with Crippen LogP contribution >= 0.6 is 11.8 Å². The van der Waals surface area contributed by atoms with Gasteiger partial charge >= 0.3 is 5.97 Å². The van der Waals surface area contributed by atoms with Gasteiger partial charge in [-0.3, -0.25) is 9.59 Å². The molecule has 0 bridgehead atoms.